The maximum Gasteiger partial charge on any atom is 0.273 e. The van der Waals surface area contributed by atoms with Gasteiger partial charge in [0.1, 0.15) is 0 Å². The van der Waals surface area contributed by atoms with E-state index in [4.69, 9.17) is 6.57 Å². The molecule has 0 aliphatic rings. The zero-order valence-electron chi connectivity index (χ0n) is 5.92. The fourth-order valence-electron chi connectivity index (χ4n) is 0.755. The largest absolute Gasteiger partial charge is 0.361 e. The van der Waals surface area contributed by atoms with Crippen LogP contribution in [0.15, 0.2) is 6.07 Å². The number of nitrogens with zero attached hydrogens (tertiary/aromatic N) is 3. The van der Waals surface area contributed by atoms with Gasteiger partial charge in [0.2, 0.25) is 5.82 Å². The molecule has 1 rings (SSSR count). The van der Waals surface area contributed by atoms with Crippen LogP contribution in [0.2, 0.25) is 0 Å². The highest BCUT2D eigenvalue weighted by Gasteiger charge is 1.97. The van der Waals surface area contributed by atoms with Gasteiger partial charge in [-0.3, -0.25) is 0 Å². The molecule has 3 nitrogen and oxygen atoms in total. The second-order valence-corrected chi connectivity index (χ2v) is 2.03. The van der Waals surface area contributed by atoms with Crippen LogP contribution in [0.3, 0.4) is 0 Å². The minimum absolute atomic E-state index is 0.421. The summed E-state index contributed by atoms with van der Waals surface area (Å²) in [4.78, 5) is 11.1. The molecule has 0 radical (unpaired) electrons. The first-order chi connectivity index (χ1) is 4.72. The minimum Gasteiger partial charge on any atom is -0.361 e. The number of hydrogen-bond donors (Lipinski definition) is 0. The van der Waals surface area contributed by atoms with Gasteiger partial charge in [-0.1, -0.05) is 6.57 Å². The van der Waals surface area contributed by atoms with Crippen molar-refractivity contribution in [1.29, 1.82) is 0 Å². The van der Waals surface area contributed by atoms with E-state index in [1.165, 1.54) is 0 Å². The zero-order chi connectivity index (χ0) is 7.56. The Morgan fingerprint density at radius 3 is 2.60 bits per heavy atom. The van der Waals surface area contributed by atoms with Crippen molar-refractivity contribution in [3.05, 3.63) is 29.0 Å². The van der Waals surface area contributed by atoms with E-state index < -0.39 is 0 Å². The predicted molar refractivity (Wildman–Crippen MR) is 37.8 cm³/mol. The molecule has 0 N–H and O–H groups in total. The Morgan fingerprint density at radius 1 is 1.40 bits per heavy atom. The predicted octanol–water partition coefficient (Wildman–Crippen LogP) is 1.64. The molecule has 1 heterocycles. The minimum atomic E-state index is 0.421. The van der Waals surface area contributed by atoms with E-state index in [2.05, 4.69) is 14.8 Å². The van der Waals surface area contributed by atoms with Gasteiger partial charge in [-0.05, 0) is 13.0 Å². The summed E-state index contributed by atoms with van der Waals surface area (Å²) >= 11 is 0. The summed E-state index contributed by atoms with van der Waals surface area (Å²) in [7, 11) is 0. The van der Waals surface area contributed by atoms with Crippen LogP contribution in [-0.2, 0) is 0 Å². The monoisotopic (exact) mass is 133 g/mol. The van der Waals surface area contributed by atoms with Crippen LogP contribution in [0.25, 0.3) is 4.85 Å². The van der Waals surface area contributed by atoms with Crippen molar-refractivity contribution in [2.75, 3.05) is 0 Å². The SMILES string of the molecule is [C-]#[N+]c1cc(C)nc(C)n1. The van der Waals surface area contributed by atoms with Crippen molar-refractivity contribution in [2.24, 2.45) is 0 Å². The van der Waals surface area contributed by atoms with Crippen LogP contribution >= 0.6 is 0 Å². The Morgan fingerprint density at radius 2 is 2.10 bits per heavy atom. The molecule has 0 aromatic carbocycles. The van der Waals surface area contributed by atoms with Gasteiger partial charge < -0.3 is 4.85 Å². The molecule has 0 spiro atoms. The lowest BCUT2D eigenvalue weighted by Crippen LogP contribution is -1.88. The lowest BCUT2D eigenvalue weighted by atomic mass is 10.4. The van der Waals surface area contributed by atoms with Crippen molar-refractivity contribution < 1.29 is 0 Å². The highest BCUT2D eigenvalue weighted by atomic mass is 14.9. The Kier molecular flexibility index (Phi) is 1.63. The van der Waals surface area contributed by atoms with Crippen LogP contribution in [0.1, 0.15) is 11.5 Å². The molecule has 0 amide bonds. The Labute approximate surface area is 59.6 Å². The van der Waals surface area contributed by atoms with Gasteiger partial charge >= 0.3 is 0 Å². The van der Waals surface area contributed by atoms with Gasteiger partial charge in [-0.25, -0.2) is 4.98 Å². The topological polar surface area (TPSA) is 30.1 Å². The molecule has 1 aromatic heterocycles. The molecule has 0 fully saturated rings. The van der Waals surface area contributed by atoms with Crippen LogP contribution < -0.4 is 0 Å². The van der Waals surface area contributed by atoms with Gasteiger partial charge in [-0.2, -0.15) is 0 Å². The van der Waals surface area contributed by atoms with E-state index in [1.807, 2.05) is 6.92 Å². The molecule has 0 atom stereocenters. The average Bonchev–Trinajstić information content (AvgIpc) is 1.85. The van der Waals surface area contributed by atoms with Crippen molar-refractivity contribution in [1.82, 2.24) is 9.97 Å². The third kappa shape index (κ3) is 1.29. The van der Waals surface area contributed by atoms with Crippen LogP contribution in [0.5, 0.6) is 0 Å². The summed E-state index contributed by atoms with van der Waals surface area (Å²) in [5.41, 5.74) is 0.846. The molecule has 0 aliphatic heterocycles. The summed E-state index contributed by atoms with van der Waals surface area (Å²) in [5.74, 6) is 1.08. The molecule has 0 saturated heterocycles. The summed E-state index contributed by atoms with van der Waals surface area (Å²) in [6, 6.07) is 1.67. The smallest absolute Gasteiger partial charge is 0.273 e. The summed E-state index contributed by atoms with van der Waals surface area (Å²) in [6.07, 6.45) is 0. The summed E-state index contributed by atoms with van der Waals surface area (Å²) < 4.78 is 0. The second-order valence-electron chi connectivity index (χ2n) is 2.03. The lowest BCUT2D eigenvalue weighted by molar-refractivity contribution is 1.02. The highest BCUT2D eigenvalue weighted by Crippen LogP contribution is 2.07. The van der Waals surface area contributed by atoms with Crippen molar-refractivity contribution in [3.63, 3.8) is 0 Å². The zero-order valence-corrected chi connectivity index (χ0v) is 5.92. The fourth-order valence-corrected chi connectivity index (χ4v) is 0.755. The number of hydrogen-bond acceptors (Lipinski definition) is 2. The first-order valence-corrected chi connectivity index (χ1v) is 2.92. The van der Waals surface area contributed by atoms with Crippen LogP contribution in [0, 0.1) is 20.4 Å². The van der Waals surface area contributed by atoms with Gasteiger partial charge in [0.05, 0.1) is 0 Å². The van der Waals surface area contributed by atoms with Gasteiger partial charge in [0.15, 0.2) is 0 Å². The quantitative estimate of drug-likeness (QED) is 0.503. The average molecular weight is 133 g/mol. The second kappa shape index (κ2) is 2.44. The Bertz CT molecular complexity index is 265. The van der Waals surface area contributed by atoms with E-state index in [1.54, 1.807) is 13.0 Å². The molecule has 3 heteroatoms. The number of aryl methyl sites for hydroxylation is 2. The van der Waals surface area contributed by atoms with E-state index in [9.17, 15) is 0 Å². The molecule has 50 valence electrons. The summed E-state index contributed by atoms with van der Waals surface area (Å²) in [6.45, 7) is 10.3. The number of rotatable bonds is 0. The molecule has 1 aromatic rings. The van der Waals surface area contributed by atoms with E-state index in [-0.39, 0.29) is 0 Å². The molecule has 0 bridgehead atoms. The molecular weight excluding hydrogens is 126 g/mol. The van der Waals surface area contributed by atoms with Crippen molar-refractivity contribution in [2.45, 2.75) is 13.8 Å². The maximum absolute atomic E-state index is 6.67. The Hall–Kier alpha value is -1.43. The van der Waals surface area contributed by atoms with Gasteiger partial charge in [-0.15, -0.1) is 4.98 Å². The van der Waals surface area contributed by atoms with Crippen LogP contribution in [-0.4, -0.2) is 9.97 Å². The maximum atomic E-state index is 6.67. The number of aromatic nitrogens is 2. The molecule has 0 aliphatic carbocycles. The third-order valence-corrected chi connectivity index (χ3v) is 1.07. The molecule has 10 heavy (non-hydrogen) atoms. The first kappa shape index (κ1) is 6.69. The first-order valence-electron chi connectivity index (χ1n) is 2.92. The van der Waals surface area contributed by atoms with Crippen LogP contribution in [0.4, 0.5) is 5.82 Å². The standard InChI is InChI=1S/C7H7N3/c1-5-4-7(8-3)10-6(2)9-5/h4H,1-2H3. The Balaban J connectivity index is 3.22. The normalized spacial score (nSPS) is 8.90. The molecule has 0 saturated carbocycles. The van der Waals surface area contributed by atoms with Gasteiger partial charge in [0.25, 0.3) is 5.82 Å². The third-order valence-electron chi connectivity index (χ3n) is 1.07. The molecule has 0 unspecified atom stereocenters. The summed E-state index contributed by atoms with van der Waals surface area (Å²) in [5, 5.41) is 0. The lowest BCUT2D eigenvalue weighted by Gasteiger charge is -1.91. The highest BCUT2D eigenvalue weighted by molar-refractivity contribution is 5.36. The van der Waals surface area contributed by atoms with E-state index >= 15 is 0 Å². The van der Waals surface area contributed by atoms with E-state index in [0.717, 1.165) is 5.69 Å². The van der Waals surface area contributed by atoms with Gasteiger partial charge in [0, 0.05) is 12.6 Å². The van der Waals surface area contributed by atoms with Crippen molar-refractivity contribution in [3.8, 4) is 0 Å². The van der Waals surface area contributed by atoms with E-state index in [0.29, 0.717) is 11.6 Å². The fraction of sp³-hybridized carbons (Fsp3) is 0.286. The molecular formula is C7H7N3. The van der Waals surface area contributed by atoms with Crippen molar-refractivity contribution >= 4 is 5.82 Å².